The van der Waals surface area contributed by atoms with Gasteiger partial charge in [0.05, 0.1) is 7.11 Å². The van der Waals surface area contributed by atoms with Gasteiger partial charge in [0.15, 0.2) is 0 Å². The lowest BCUT2D eigenvalue weighted by atomic mass is 9.96. The second kappa shape index (κ2) is 8.20. The first kappa shape index (κ1) is 16.0. The maximum Gasteiger partial charge on any atom is 0.251 e. The van der Waals surface area contributed by atoms with E-state index in [0.717, 1.165) is 11.3 Å². The molecule has 0 aromatic heterocycles. The van der Waals surface area contributed by atoms with Crippen LogP contribution in [0.5, 0.6) is 5.75 Å². The van der Waals surface area contributed by atoms with Crippen LogP contribution < -0.4 is 10.1 Å². The average molecular weight is 299 g/mol. The summed E-state index contributed by atoms with van der Waals surface area (Å²) in [6.45, 7) is 0.591. The zero-order chi connectivity index (χ0) is 15.8. The molecule has 0 saturated carbocycles. The second-order valence-corrected chi connectivity index (χ2v) is 5.06. The highest BCUT2D eigenvalue weighted by atomic mass is 16.5. The Morgan fingerprint density at radius 1 is 1.14 bits per heavy atom. The van der Waals surface area contributed by atoms with E-state index < -0.39 is 0 Å². The number of amides is 1. The Balaban J connectivity index is 1.97. The van der Waals surface area contributed by atoms with E-state index >= 15 is 0 Å². The van der Waals surface area contributed by atoms with Crippen LogP contribution in [0.4, 0.5) is 0 Å². The zero-order valence-corrected chi connectivity index (χ0v) is 12.7. The number of hydrogen-bond donors (Lipinski definition) is 2. The summed E-state index contributed by atoms with van der Waals surface area (Å²) >= 11 is 0. The van der Waals surface area contributed by atoms with Gasteiger partial charge in [0.1, 0.15) is 5.75 Å². The molecule has 1 amide bonds. The number of aliphatic hydroxyl groups excluding tert-OH is 1. The Morgan fingerprint density at radius 3 is 2.41 bits per heavy atom. The molecule has 0 aliphatic heterocycles. The van der Waals surface area contributed by atoms with Gasteiger partial charge in [-0.1, -0.05) is 30.3 Å². The molecule has 0 saturated heterocycles. The number of carbonyl (C=O) groups excluding carboxylic acids is 1. The minimum absolute atomic E-state index is 0.0952. The first-order valence-corrected chi connectivity index (χ1v) is 7.32. The Bertz CT molecular complexity index is 581. The number of methoxy groups -OCH3 is 1. The van der Waals surface area contributed by atoms with Gasteiger partial charge >= 0.3 is 0 Å². The van der Waals surface area contributed by atoms with Gasteiger partial charge in [0.25, 0.3) is 5.91 Å². The molecule has 2 N–H and O–H groups in total. The normalized spacial score (nSPS) is 11.7. The van der Waals surface area contributed by atoms with Crippen molar-refractivity contribution in [3.63, 3.8) is 0 Å². The third-order valence-electron chi connectivity index (χ3n) is 3.61. The summed E-state index contributed by atoms with van der Waals surface area (Å²) in [5.41, 5.74) is 1.71. The van der Waals surface area contributed by atoms with Gasteiger partial charge in [0, 0.05) is 24.6 Å². The van der Waals surface area contributed by atoms with Crippen LogP contribution in [0.25, 0.3) is 0 Å². The van der Waals surface area contributed by atoms with Gasteiger partial charge in [0.2, 0.25) is 0 Å². The highest BCUT2D eigenvalue weighted by Crippen LogP contribution is 2.18. The Kier molecular flexibility index (Phi) is 5.98. The van der Waals surface area contributed by atoms with E-state index in [2.05, 4.69) is 5.32 Å². The Hall–Kier alpha value is -2.33. The van der Waals surface area contributed by atoms with Gasteiger partial charge in [-0.15, -0.1) is 0 Å². The molecule has 0 radical (unpaired) electrons. The molecule has 116 valence electrons. The molecule has 1 atom stereocenters. The Labute approximate surface area is 130 Å². The van der Waals surface area contributed by atoms with Crippen molar-refractivity contribution in [1.82, 2.24) is 5.32 Å². The fraction of sp³-hybridized carbons (Fsp3) is 0.278. The van der Waals surface area contributed by atoms with Crippen molar-refractivity contribution in [2.45, 2.75) is 12.3 Å². The molecule has 22 heavy (non-hydrogen) atoms. The minimum Gasteiger partial charge on any atom is -0.497 e. The van der Waals surface area contributed by atoms with Crippen molar-refractivity contribution in [2.75, 3.05) is 20.3 Å². The summed E-state index contributed by atoms with van der Waals surface area (Å²) in [6.07, 6.45) is 0.618. The molecule has 2 rings (SSSR count). The quantitative estimate of drug-likeness (QED) is 0.826. The lowest BCUT2D eigenvalue weighted by Gasteiger charge is -2.17. The summed E-state index contributed by atoms with van der Waals surface area (Å²) in [5, 5.41) is 12.1. The van der Waals surface area contributed by atoms with Crippen molar-refractivity contribution < 1.29 is 14.6 Å². The summed E-state index contributed by atoms with van der Waals surface area (Å²) in [5.74, 6) is 0.703. The molecule has 0 spiro atoms. The van der Waals surface area contributed by atoms with Crippen LogP contribution >= 0.6 is 0 Å². The van der Waals surface area contributed by atoms with Gasteiger partial charge in [-0.3, -0.25) is 4.79 Å². The van der Waals surface area contributed by atoms with Crippen LogP contribution in [-0.2, 0) is 0 Å². The molecule has 0 heterocycles. The number of nitrogens with one attached hydrogen (secondary N) is 1. The molecule has 0 fully saturated rings. The lowest BCUT2D eigenvalue weighted by Crippen LogP contribution is -2.28. The molecule has 0 bridgehead atoms. The summed E-state index contributed by atoms with van der Waals surface area (Å²) in [4.78, 5) is 12.2. The van der Waals surface area contributed by atoms with Gasteiger partial charge < -0.3 is 15.2 Å². The van der Waals surface area contributed by atoms with Crippen LogP contribution in [0, 0.1) is 0 Å². The number of carbonyl (C=O) groups is 1. The van der Waals surface area contributed by atoms with Crippen LogP contribution in [0.15, 0.2) is 54.6 Å². The van der Waals surface area contributed by atoms with E-state index in [1.165, 1.54) is 0 Å². The van der Waals surface area contributed by atoms with Crippen molar-refractivity contribution in [2.24, 2.45) is 0 Å². The molecule has 4 heteroatoms. The molecule has 4 nitrogen and oxygen atoms in total. The van der Waals surface area contributed by atoms with E-state index in [-0.39, 0.29) is 18.4 Å². The van der Waals surface area contributed by atoms with Crippen LogP contribution in [0.2, 0.25) is 0 Å². The topological polar surface area (TPSA) is 58.6 Å². The maximum absolute atomic E-state index is 12.2. The van der Waals surface area contributed by atoms with Crippen molar-refractivity contribution in [3.8, 4) is 5.75 Å². The largest absolute Gasteiger partial charge is 0.497 e. The van der Waals surface area contributed by atoms with Crippen molar-refractivity contribution in [3.05, 3.63) is 65.7 Å². The van der Waals surface area contributed by atoms with E-state index in [9.17, 15) is 9.90 Å². The third kappa shape index (κ3) is 4.33. The smallest absolute Gasteiger partial charge is 0.251 e. The highest BCUT2D eigenvalue weighted by Gasteiger charge is 2.13. The number of rotatable bonds is 7. The first-order chi connectivity index (χ1) is 10.7. The average Bonchev–Trinajstić information content (AvgIpc) is 2.59. The van der Waals surface area contributed by atoms with Crippen molar-refractivity contribution in [1.29, 1.82) is 0 Å². The van der Waals surface area contributed by atoms with Crippen LogP contribution in [0.1, 0.15) is 28.3 Å². The molecule has 0 aliphatic carbocycles. The molecular formula is C18H21NO3. The molecule has 2 aromatic carbocycles. The standard InChI is InChI=1S/C18H21NO3/c1-22-17-9-7-15(8-10-17)18(21)19-13-16(11-12-20)14-5-3-2-4-6-14/h2-10,16,20H,11-13H2,1H3,(H,19,21). The van der Waals surface area contributed by atoms with Crippen LogP contribution in [0.3, 0.4) is 0 Å². The van der Waals surface area contributed by atoms with Crippen molar-refractivity contribution >= 4 is 5.91 Å². The zero-order valence-electron chi connectivity index (χ0n) is 12.7. The summed E-state index contributed by atoms with van der Waals surface area (Å²) in [7, 11) is 1.59. The van der Waals surface area contributed by atoms with Gasteiger partial charge in [-0.05, 0) is 36.2 Å². The van der Waals surface area contributed by atoms with E-state index in [1.807, 2.05) is 30.3 Å². The SMILES string of the molecule is COc1ccc(C(=O)NCC(CCO)c2ccccc2)cc1. The lowest BCUT2D eigenvalue weighted by molar-refractivity contribution is 0.0949. The number of ether oxygens (including phenoxy) is 1. The Morgan fingerprint density at radius 2 is 1.82 bits per heavy atom. The van der Waals surface area contributed by atoms with Gasteiger partial charge in [-0.25, -0.2) is 0 Å². The third-order valence-corrected chi connectivity index (χ3v) is 3.61. The van der Waals surface area contributed by atoms with E-state index in [4.69, 9.17) is 4.74 Å². The number of aliphatic hydroxyl groups is 1. The van der Waals surface area contributed by atoms with Gasteiger partial charge in [-0.2, -0.15) is 0 Å². The predicted octanol–water partition coefficient (Wildman–Crippen LogP) is 2.59. The fourth-order valence-electron chi connectivity index (χ4n) is 2.33. The molecular weight excluding hydrogens is 278 g/mol. The molecule has 0 aliphatic rings. The summed E-state index contributed by atoms with van der Waals surface area (Å²) < 4.78 is 5.08. The van der Waals surface area contributed by atoms with Crippen LogP contribution in [-0.4, -0.2) is 31.3 Å². The minimum atomic E-state index is -0.124. The maximum atomic E-state index is 12.2. The number of benzene rings is 2. The van der Waals surface area contributed by atoms with E-state index in [0.29, 0.717) is 18.5 Å². The first-order valence-electron chi connectivity index (χ1n) is 7.32. The summed E-state index contributed by atoms with van der Waals surface area (Å²) in [6, 6.07) is 16.9. The monoisotopic (exact) mass is 299 g/mol. The second-order valence-electron chi connectivity index (χ2n) is 5.06. The van der Waals surface area contributed by atoms with E-state index in [1.54, 1.807) is 31.4 Å². The predicted molar refractivity (Wildman–Crippen MR) is 86.2 cm³/mol. The highest BCUT2D eigenvalue weighted by molar-refractivity contribution is 5.94. The fourth-order valence-corrected chi connectivity index (χ4v) is 2.33. The molecule has 2 aromatic rings. The number of hydrogen-bond acceptors (Lipinski definition) is 3. The molecule has 1 unspecified atom stereocenters.